The van der Waals surface area contributed by atoms with Crippen molar-refractivity contribution in [2.75, 3.05) is 38.8 Å². The van der Waals surface area contributed by atoms with Gasteiger partial charge in [0.15, 0.2) is 5.69 Å². The van der Waals surface area contributed by atoms with Gasteiger partial charge in [0.1, 0.15) is 23.7 Å². The molecule has 2 aliphatic heterocycles. The summed E-state index contributed by atoms with van der Waals surface area (Å²) in [4.78, 5) is 31.7. The van der Waals surface area contributed by atoms with E-state index in [4.69, 9.17) is 23.7 Å². The number of carbonyl (C=O) groups excluding carboxylic acids is 2. The summed E-state index contributed by atoms with van der Waals surface area (Å²) in [6, 6.07) is 9.30. The number of amides is 1. The molecule has 2 aliphatic rings. The number of carbonyl (C=O) groups is 2. The van der Waals surface area contributed by atoms with Crippen molar-refractivity contribution in [1.29, 1.82) is 0 Å². The van der Waals surface area contributed by atoms with Gasteiger partial charge in [0, 0.05) is 24.6 Å². The highest BCUT2D eigenvalue weighted by Crippen LogP contribution is 2.43. The molecule has 212 valence electrons. The van der Waals surface area contributed by atoms with Crippen molar-refractivity contribution in [2.24, 2.45) is 5.41 Å². The van der Waals surface area contributed by atoms with Crippen molar-refractivity contribution in [2.45, 2.75) is 64.9 Å². The number of piperidine rings is 1. The quantitative estimate of drug-likeness (QED) is 0.512. The molecule has 1 aromatic heterocycles. The van der Waals surface area contributed by atoms with Crippen LogP contribution in [0, 0.1) is 5.41 Å². The van der Waals surface area contributed by atoms with Crippen LogP contribution in [-0.4, -0.2) is 68.7 Å². The van der Waals surface area contributed by atoms with Crippen molar-refractivity contribution in [3.8, 4) is 11.5 Å². The minimum atomic E-state index is -0.582. The first-order chi connectivity index (χ1) is 18.5. The Kier molecular flexibility index (Phi) is 8.54. The number of ether oxygens (including phenoxy) is 5. The second kappa shape index (κ2) is 11.7. The smallest absolute Gasteiger partial charge is 0.407 e. The molecule has 0 radical (unpaired) electrons. The number of methoxy groups -OCH3 is 2. The number of benzene rings is 1. The summed E-state index contributed by atoms with van der Waals surface area (Å²) in [5.41, 5.74) is 1.07. The number of nitrogens with one attached hydrogen (secondary N) is 1. The lowest BCUT2D eigenvalue weighted by Gasteiger charge is -2.43. The Morgan fingerprint density at radius 3 is 2.44 bits per heavy atom. The van der Waals surface area contributed by atoms with Gasteiger partial charge in [-0.2, -0.15) is 0 Å². The molecule has 1 spiro atoms. The molecular weight excluding hydrogens is 502 g/mol. The lowest BCUT2D eigenvalue weighted by atomic mass is 9.73. The fourth-order valence-electron chi connectivity index (χ4n) is 5.23. The standard InChI is InChI=1S/C29H39N3O7/c1-19-25(31-27(34)39-28(2,3)4)29(18-38-19)11-13-32(14-12-29)23-15-22(16-30-24(23)26(33)36-6)37-17-20-7-9-21(35-5)10-8-20/h7-10,15-16,19,25H,11-14,17-18H2,1-6H3,(H,31,34)/t19-,25+/m0/s1. The monoisotopic (exact) mass is 541 g/mol. The van der Waals surface area contributed by atoms with Crippen LogP contribution in [0.3, 0.4) is 0 Å². The predicted molar refractivity (Wildman–Crippen MR) is 145 cm³/mol. The molecule has 10 heteroatoms. The lowest BCUT2D eigenvalue weighted by molar-refractivity contribution is 0.0433. The lowest BCUT2D eigenvalue weighted by Crippen LogP contribution is -2.55. The maximum absolute atomic E-state index is 12.6. The molecule has 0 aliphatic carbocycles. The molecule has 0 unspecified atom stereocenters. The number of aromatic nitrogens is 1. The van der Waals surface area contributed by atoms with Crippen molar-refractivity contribution in [3.63, 3.8) is 0 Å². The average molecular weight is 542 g/mol. The molecule has 39 heavy (non-hydrogen) atoms. The Morgan fingerprint density at radius 2 is 1.82 bits per heavy atom. The molecule has 3 heterocycles. The normalized spacial score (nSPS) is 20.4. The van der Waals surface area contributed by atoms with Crippen molar-refractivity contribution >= 4 is 17.7 Å². The van der Waals surface area contributed by atoms with Gasteiger partial charge in [-0.1, -0.05) is 12.1 Å². The fourth-order valence-corrected chi connectivity index (χ4v) is 5.23. The van der Waals surface area contributed by atoms with Gasteiger partial charge in [0.25, 0.3) is 0 Å². The summed E-state index contributed by atoms with van der Waals surface area (Å²) in [7, 11) is 2.97. The first-order valence-electron chi connectivity index (χ1n) is 13.2. The first-order valence-corrected chi connectivity index (χ1v) is 13.2. The van der Waals surface area contributed by atoms with Gasteiger partial charge in [-0.05, 0) is 58.2 Å². The Bertz CT molecular complexity index is 1150. The molecule has 2 aromatic rings. The summed E-state index contributed by atoms with van der Waals surface area (Å²) in [5.74, 6) is 0.823. The Morgan fingerprint density at radius 1 is 1.13 bits per heavy atom. The minimum Gasteiger partial charge on any atom is -0.497 e. The van der Waals surface area contributed by atoms with Gasteiger partial charge in [0.05, 0.1) is 44.9 Å². The number of anilines is 1. The molecule has 2 fully saturated rings. The number of hydrogen-bond acceptors (Lipinski definition) is 9. The highest BCUT2D eigenvalue weighted by molar-refractivity contribution is 5.94. The zero-order chi connectivity index (χ0) is 28.2. The third-order valence-corrected chi connectivity index (χ3v) is 7.32. The third kappa shape index (κ3) is 6.73. The number of hydrogen-bond donors (Lipinski definition) is 1. The molecule has 2 atom stereocenters. The van der Waals surface area contributed by atoms with E-state index in [0.717, 1.165) is 24.2 Å². The van der Waals surface area contributed by atoms with Gasteiger partial charge >= 0.3 is 12.1 Å². The molecule has 10 nitrogen and oxygen atoms in total. The molecule has 0 saturated carbocycles. The Balaban J connectivity index is 1.48. The van der Waals surface area contributed by atoms with Crippen molar-refractivity contribution < 1.29 is 33.3 Å². The molecule has 1 aromatic carbocycles. The summed E-state index contributed by atoms with van der Waals surface area (Å²) < 4.78 is 27.8. The molecule has 4 rings (SSSR count). The largest absolute Gasteiger partial charge is 0.497 e. The summed E-state index contributed by atoms with van der Waals surface area (Å²) in [6.07, 6.45) is 2.49. The maximum atomic E-state index is 12.6. The average Bonchev–Trinajstić information content (AvgIpc) is 3.20. The Labute approximate surface area is 229 Å². The highest BCUT2D eigenvalue weighted by Gasteiger charge is 2.50. The fraction of sp³-hybridized carbons (Fsp3) is 0.552. The van der Waals surface area contributed by atoms with Gasteiger partial charge < -0.3 is 33.9 Å². The molecule has 1 N–H and O–H groups in total. The van der Waals surface area contributed by atoms with Crippen LogP contribution < -0.4 is 19.7 Å². The van der Waals surface area contributed by atoms with E-state index in [1.54, 1.807) is 7.11 Å². The molecule has 2 saturated heterocycles. The highest BCUT2D eigenvalue weighted by atomic mass is 16.6. The minimum absolute atomic E-state index is 0.133. The van der Waals surface area contributed by atoms with E-state index in [0.29, 0.717) is 37.7 Å². The van der Waals surface area contributed by atoms with Gasteiger partial charge in [-0.15, -0.1) is 0 Å². The zero-order valence-electron chi connectivity index (χ0n) is 23.6. The summed E-state index contributed by atoms with van der Waals surface area (Å²) >= 11 is 0. The van der Waals surface area contributed by atoms with E-state index >= 15 is 0 Å². The summed E-state index contributed by atoms with van der Waals surface area (Å²) in [5, 5.41) is 3.07. The second-order valence-electron chi connectivity index (χ2n) is 11.2. The first kappa shape index (κ1) is 28.5. The topological polar surface area (TPSA) is 108 Å². The van der Waals surface area contributed by atoms with Gasteiger partial charge in [-0.25, -0.2) is 14.6 Å². The summed E-state index contributed by atoms with van der Waals surface area (Å²) in [6.45, 7) is 9.71. The van der Waals surface area contributed by atoms with Crippen LogP contribution in [0.15, 0.2) is 36.5 Å². The zero-order valence-corrected chi connectivity index (χ0v) is 23.6. The van der Waals surface area contributed by atoms with E-state index in [-0.39, 0.29) is 23.3 Å². The number of rotatable bonds is 7. The van der Waals surface area contributed by atoms with Crippen LogP contribution in [0.4, 0.5) is 10.5 Å². The van der Waals surface area contributed by atoms with E-state index in [9.17, 15) is 9.59 Å². The molecular formula is C29H39N3O7. The van der Waals surface area contributed by atoms with E-state index in [2.05, 4.69) is 15.2 Å². The maximum Gasteiger partial charge on any atom is 0.407 e. The SMILES string of the molecule is COC(=O)c1ncc(OCc2ccc(OC)cc2)cc1N1CCC2(CC1)CO[C@@H](C)[C@H]2NC(=O)OC(C)(C)C. The molecule has 1 amide bonds. The van der Waals surface area contributed by atoms with E-state index in [1.807, 2.05) is 58.0 Å². The van der Waals surface area contributed by atoms with Crippen LogP contribution >= 0.6 is 0 Å². The van der Waals surface area contributed by atoms with Crippen LogP contribution in [0.25, 0.3) is 0 Å². The van der Waals surface area contributed by atoms with Crippen molar-refractivity contribution in [3.05, 3.63) is 47.8 Å². The second-order valence-corrected chi connectivity index (χ2v) is 11.2. The van der Waals surface area contributed by atoms with Gasteiger partial charge in [0.2, 0.25) is 0 Å². The third-order valence-electron chi connectivity index (χ3n) is 7.32. The number of pyridine rings is 1. The van der Waals surface area contributed by atoms with Crippen LogP contribution in [0.1, 0.15) is 56.6 Å². The van der Waals surface area contributed by atoms with Crippen molar-refractivity contribution in [1.82, 2.24) is 10.3 Å². The van der Waals surface area contributed by atoms with Crippen LogP contribution in [0.5, 0.6) is 11.5 Å². The number of alkyl carbamates (subject to hydrolysis) is 1. The molecule has 0 bridgehead atoms. The predicted octanol–water partition coefficient (Wildman–Crippen LogP) is 4.35. The van der Waals surface area contributed by atoms with Gasteiger partial charge in [-0.3, -0.25) is 0 Å². The van der Waals surface area contributed by atoms with E-state index in [1.165, 1.54) is 13.3 Å². The number of nitrogens with zero attached hydrogens (tertiary/aromatic N) is 2. The Hall–Kier alpha value is -3.53. The van der Waals surface area contributed by atoms with E-state index < -0.39 is 17.7 Å². The van der Waals surface area contributed by atoms with Crippen LogP contribution in [0.2, 0.25) is 0 Å². The van der Waals surface area contributed by atoms with Crippen LogP contribution in [-0.2, 0) is 20.8 Å². The number of esters is 1.